The van der Waals surface area contributed by atoms with E-state index in [1.807, 2.05) is 0 Å². The number of aliphatic hydroxyl groups is 11. The Labute approximate surface area is 284 Å². The third-order valence-corrected chi connectivity index (χ3v) is 8.58. The quantitative estimate of drug-likeness (QED) is 0.0981. The molecule has 50 heavy (non-hydrogen) atoms. The van der Waals surface area contributed by atoms with E-state index >= 15 is 0 Å². The number of hydrogen-bond acceptors (Lipinski definition) is 18. The van der Waals surface area contributed by atoms with Gasteiger partial charge in [-0.1, -0.05) is 24.3 Å². The zero-order valence-corrected chi connectivity index (χ0v) is 26.3. The van der Waals surface area contributed by atoms with Crippen LogP contribution >= 0.6 is 0 Å². The van der Waals surface area contributed by atoms with Crippen molar-refractivity contribution in [2.75, 3.05) is 19.8 Å². The van der Waals surface area contributed by atoms with E-state index < -0.39 is 112 Å². The van der Waals surface area contributed by atoms with Crippen molar-refractivity contribution >= 4 is 12.2 Å². The van der Waals surface area contributed by atoms with Gasteiger partial charge >= 0.3 is 0 Å². The second-order valence-electron chi connectivity index (χ2n) is 12.1. The fraction of sp³-hybridized carbons (Fsp3) is 0.562. The first kappa shape index (κ1) is 38.2. The van der Waals surface area contributed by atoms with Crippen LogP contribution in [-0.2, 0) is 18.9 Å². The molecule has 0 radical (unpaired) electrons. The Bertz CT molecular complexity index is 1410. The second-order valence-corrected chi connectivity index (χ2v) is 12.1. The SMILES string of the molecule is OC[C@H]1O[C@H](Oc2ccc(/C=C/c3cc(O)cc(O[C@H]4O[C@H](CO)[C@@H](O)[C@H](O)[C@H]4O[C@H]4O[C@H](CO)[C@@H](O)[C@H](O)[C@H]4O)c3)cc2)[C@H](O)[C@@H](O)[C@@H]1O. The van der Waals surface area contributed by atoms with Gasteiger partial charge in [0.05, 0.1) is 19.8 Å². The predicted molar refractivity (Wildman–Crippen MR) is 165 cm³/mol. The lowest BCUT2D eigenvalue weighted by Gasteiger charge is -2.45. The van der Waals surface area contributed by atoms with Crippen molar-refractivity contribution in [1.82, 2.24) is 0 Å². The molecule has 3 saturated heterocycles. The van der Waals surface area contributed by atoms with E-state index in [2.05, 4.69) is 0 Å². The van der Waals surface area contributed by atoms with Gasteiger partial charge in [-0.3, -0.25) is 0 Å². The Kier molecular flexibility index (Phi) is 12.6. The Hall–Kier alpha value is -3.02. The minimum Gasteiger partial charge on any atom is -0.508 e. The molecule has 2 aromatic carbocycles. The maximum Gasteiger partial charge on any atom is 0.229 e. The number of ether oxygens (including phenoxy) is 6. The third-order valence-electron chi connectivity index (χ3n) is 8.58. The van der Waals surface area contributed by atoms with Gasteiger partial charge in [0.15, 0.2) is 12.4 Å². The summed E-state index contributed by atoms with van der Waals surface area (Å²) in [5, 5.41) is 121. The normalized spacial score (nSPS) is 39.4. The van der Waals surface area contributed by atoms with Crippen LogP contribution in [0.5, 0.6) is 17.2 Å². The molecule has 0 spiro atoms. The molecular weight excluding hydrogens is 672 g/mol. The summed E-state index contributed by atoms with van der Waals surface area (Å²) >= 11 is 0. The minimum absolute atomic E-state index is 0.0133. The van der Waals surface area contributed by atoms with Gasteiger partial charge in [-0.05, 0) is 35.4 Å². The van der Waals surface area contributed by atoms with Gasteiger partial charge in [-0.25, -0.2) is 0 Å². The number of rotatable bonds is 11. The summed E-state index contributed by atoms with van der Waals surface area (Å²) in [7, 11) is 0. The van der Waals surface area contributed by atoms with Crippen molar-refractivity contribution in [2.24, 2.45) is 0 Å². The number of aliphatic hydroxyl groups excluding tert-OH is 11. The second kappa shape index (κ2) is 16.5. The zero-order chi connectivity index (χ0) is 36.3. The topological polar surface area (TPSA) is 298 Å². The fourth-order valence-electron chi connectivity index (χ4n) is 5.68. The molecule has 18 heteroatoms. The summed E-state index contributed by atoms with van der Waals surface area (Å²) in [6, 6.07) is 10.5. The molecule has 3 aliphatic heterocycles. The highest BCUT2D eigenvalue weighted by Crippen LogP contribution is 2.32. The summed E-state index contributed by atoms with van der Waals surface area (Å²) in [4.78, 5) is 0. The Morgan fingerprint density at radius 2 is 0.980 bits per heavy atom. The van der Waals surface area contributed by atoms with Crippen molar-refractivity contribution in [1.29, 1.82) is 0 Å². The molecule has 278 valence electrons. The minimum atomic E-state index is -1.85. The van der Waals surface area contributed by atoms with Crippen LogP contribution in [0.4, 0.5) is 0 Å². The molecular formula is C32H42O18. The summed E-state index contributed by atoms with van der Waals surface area (Å²) in [5.74, 6) is -0.00600. The van der Waals surface area contributed by atoms with E-state index in [1.165, 1.54) is 18.2 Å². The third kappa shape index (κ3) is 8.37. The zero-order valence-electron chi connectivity index (χ0n) is 26.3. The Morgan fingerprint density at radius 3 is 1.56 bits per heavy atom. The first-order valence-corrected chi connectivity index (χ1v) is 15.7. The van der Waals surface area contributed by atoms with Crippen molar-refractivity contribution < 1.29 is 89.7 Å². The standard InChI is InChI=1S/C32H42O18/c33-10-18-21(37)24(40)27(43)30(47-18)45-16-5-3-13(4-6-16)1-2-14-7-15(36)9-17(8-14)46-32-29(26(42)23(39)20(12-35)49-32)50-31-28(44)25(41)22(38)19(11-34)48-31/h1-9,18-44H,10-12H2/b2-1+/t18-,19-,20-,21-,22-,23-,24+,25+,26+,27-,28-,29-,30+,31-,32+/m1/s1. The lowest BCUT2D eigenvalue weighted by Crippen LogP contribution is -2.65. The van der Waals surface area contributed by atoms with E-state index in [1.54, 1.807) is 36.4 Å². The van der Waals surface area contributed by atoms with E-state index in [4.69, 9.17) is 28.4 Å². The van der Waals surface area contributed by atoms with E-state index in [0.29, 0.717) is 11.1 Å². The van der Waals surface area contributed by atoms with Gasteiger partial charge in [-0.2, -0.15) is 0 Å². The largest absolute Gasteiger partial charge is 0.508 e. The van der Waals surface area contributed by atoms with Gasteiger partial charge in [0.25, 0.3) is 0 Å². The Balaban J connectivity index is 1.28. The van der Waals surface area contributed by atoms with Crippen molar-refractivity contribution in [2.45, 2.75) is 92.1 Å². The van der Waals surface area contributed by atoms with Crippen molar-refractivity contribution in [3.05, 3.63) is 53.6 Å². The van der Waals surface area contributed by atoms with Gasteiger partial charge in [-0.15, -0.1) is 0 Å². The van der Waals surface area contributed by atoms with Gasteiger partial charge in [0.1, 0.15) is 84.4 Å². The van der Waals surface area contributed by atoms with Crippen LogP contribution in [0, 0.1) is 0 Å². The summed E-state index contributed by atoms with van der Waals surface area (Å²) in [6.45, 7) is -2.08. The molecule has 0 bridgehead atoms. The molecule has 0 amide bonds. The molecule has 0 unspecified atom stereocenters. The maximum atomic E-state index is 10.9. The predicted octanol–water partition coefficient (Wildman–Crippen LogP) is -4.26. The van der Waals surface area contributed by atoms with Crippen LogP contribution in [0.3, 0.4) is 0 Å². The van der Waals surface area contributed by atoms with Gasteiger partial charge in [0, 0.05) is 6.07 Å². The highest BCUT2D eigenvalue weighted by molar-refractivity contribution is 5.71. The molecule has 18 nitrogen and oxygen atoms in total. The molecule has 15 atom stereocenters. The lowest BCUT2D eigenvalue weighted by atomic mass is 9.97. The summed E-state index contributed by atoms with van der Waals surface area (Å²) in [6.07, 6.45) is -20.3. The van der Waals surface area contributed by atoms with E-state index in [0.717, 1.165) is 0 Å². The summed E-state index contributed by atoms with van der Waals surface area (Å²) in [5.41, 5.74) is 1.08. The van der Waals surface area contributed by atoms with Gasteiger partial charge in [0.2, 0.25) is 12.6 Å². The van der Waals surface area contributed by atoms with E-state index in [9.17, 15) is 61.3 Å². The van der Waals surface area contributed by atoms with Crippen LogP contribution in [0.25, 0.3) is 12.2 Å². The highest BCUT2D eigenvalue weighted by Gasteiger charge is 2.51. The molecule has 0 saturated carbocycles. The molecule has 2 aromatic rings. The molecule has 12 N–H and O–H groups in total. The van der Waals surface area contributed by atoms with Crippen molar-refractivity contribution in [3.8, 4) is 17.2 Å². The monoisotopic (exact) mass is 714 g/mol. The first-order chi connectivity index (χ1) is 23.8. The molecule has 3 aliphatic rings. The number of aromatic hydroxyl groups is 1. The molecule has 0 aromatic heterocycles. The number of hydrogen-bond donors (Lipinski definition) is 12. The van der Waals surface area contributed by atoms with E-state index in [-0.39, 0.29) is 17.2 Å². The highest BCUT2D eigenvalue weighted by atomic mass is 16.8. The first-order valence-electron chi connectivity index (χ1n) is 15.7. The number of phenols is 1. The van der Waals surface area contributed by atoms with Crippen LogP contribution in [0.2, 0.25) is 0 Å². The maximum absolute atomic E-state index is 10.9. The van der Waals surface area contributed by atoms with Crippen LogP contribution in [0.15, 0.2) is 42.5 Å². The summed E-state index contributed by atoms with van der Waals surface area (Å²) < 4.78 is 33.5. The van der Waals surface area contributed by atoms with Crippen LogP contribution < -0.4 is 9.47 Å². The molecule has 3 heterocycles. The number of phenolic OH excluding ortho intramolecular Hbond substituents is 1. The number of benzene rings is 2. The van der Waals surface area contributed by atoms with Crippen LogP contribution in [0.1, 0.15) is 11.1 Å². The molecule has 0 aliphatic carbocycles. The van der Waals surface area contributed by atoms with Crippen LogP contribution in [-0.4, -0.2) is 173 Å². The van der Waals surface area contributed by atoms with Crippen molar-refractivity contribution in [3.63, 3.8) is 0 Å². The molecule has 5 rings (SSSR count). The lowest BCUT2D eigenvalue weighted by molar-refractivity contribution is -0.357. The van der Waals surface area contributed by atoms with Gasteiger partial charge < -0.3 is 89.7 Å². The Morgan fingerprint density at radius 1 is 0.500 bits per heavy atom. The molecule has 3 fully saturated rings. The average Bonchev–Trinajstić information content (AvgIpc) is 3.10. The fourth-order valence-corrected chi connectivity index (χ4v) is 5.68. The average molecular weight is 715 g/mol. The smallest absolute Gasteiger partial charge is 0.229 e.